The number of esters is 1. The molecule has 0 fully saturated rings. The van der Waals surface area contributed by atoms with Crippen LogP contribution in [0.1, 0.15) is 32.3 Å². The molecule has 1 aromatic rings. The molecule has 8 heteroatoms. The van der Waals surface area contributed by atoms with Gasteiger partial charge in [-0.05, 0) is 25.5 Å². The zero-order chi connectivity index (χ0) is 19.5. The minimum absolute atomic E-state index is 0.0452. The van der Waals surface area contributed by atoms with E-state index < -0.39 is 23.3 Å². The zero-order valence-corrected chi connectivity index (χ0v) is 16.3. The number of ether oxygens (including phenoxy) is 3. The number of hydrogen-bond acceptors (Lipinski definition) is 6. The van der Waals surface area contributed by atoms with E-state index in [0.29, 0.717) is 10.0 Å². The quantitative estimate of drug-likeness (QED) is 0.725. The number of carbonyl (C=O) groups is 1. The van der Waals surface area contributed by atoms with Gasteiger partial charge in [-0.3, -0.25) is 0 Å². The number of nitrogens with zero attached hydrogens (tertiary/aromatic N) is 1. The molecule has 1 aliphatic rings. The van der Waals surface area contributed by atoms with Crippen molar-refractivity contribution in [3.05, 3.63) is 45.8 Å². The first-order valence-corrected chi connectivity index (χ1v) is 8.89. The van der Waals surface area contributed by atoms with Crippen molar-refractivity contribution >= 4 is 21.9 Å². The van der Waals surface area contributed by atoms with Crippen LogP contribution in [0.3, 0.4) is 0 Å². The highest BCUT2D eigenvalue weighted by atomic mass is 79.9. The Morgan fingerprint density at radius 3 is 2.62 bits per heavy atom. The van der Waals surface area contributed by atoms with Gasteiger partial charge in [-0.2, -0.15) is 5.26 Å². The van der Waals surface area contributed by atoms with Crippen molar-refractivity contribution in [2.45, 2.75) is 38.1 Å². The molecular formula is C18H20BrFN2O4. The summed E-state index contributed by atoms with van der Waals surface area (Å²) < 4.78 is 32.9. The van der Waals surface area contributed by atoms with Crippen molar-refractivity contribution in [3.8, 4) is 6.07 Å². The third kappa shape index (κ3) is 3.06. The smallest absolute Gasteiger partial charge is 0.351 e. The predicted molar refractivity (Wildman–Crippen MR) is 95.3 cm³/mol. The fourth-order valence-electron chi connectivity index (χ4n) is 3.09. The monoisotopic (exact) mass is 426 g/mol. The number of halogens is 2. The standard InChI is InChI=1S/C18H20BrFN2O4/c1-4-24-16(23)18(20)14(11-8-6-7-9-13(11)19)12(10-21)15(22)26-17(18,3)25-5-2/h6-9,14H,4-5,22H2,1-3H3/t14-,17-,18+/m1/s1. The average molecular weight is 427 g/mol. The van der Waals surface area contributed by atoms with Gasteiger partial charge in [0.1, 0.15) is 11.6 Å². The zero-order valence-electron chi connectivity index (χ0n) is 14.7. The molecule has 1 heterocycles. The maximum absolute atomic E-state index is 16.5. The molecule has 1 aliphatic heterocycles. The van der Waals surface area contributed by atoms with Gasteiger partial charge in [-0.15, -0.1) is 0 Å². The molecule has 6 nitrogen and oxygen atoms in total. The van der Waals surface area contributed by atoms with E-state index in [9.17, 15) is 10.1 Å². The Labute approximate surface area is 159 Å². The van der Waals surface area contributed by atoms with Crippen molar-refractivity contribution in [2.75, 3.05) is 13.2 Å². The highest BCUT2D eigenvalue weighted by Crippen LogP contribution is 2.53. The lowest BCUT2D eigenvalue weighted by Crippen LogP contribution is -2.64. The van der Waals surface area contributed by atoms with Crippen LogP contribution in [0.4, 0.5) is 4.39 Å². The third-order valence-electron chi connectivity index (χ3n) is 4.25. The van der Waals surface area contributed by atoms with E-state index >= 15 is 4.39 Å². The molecule has 0 aliphatic carbocycles. The van der Waals surface area contributed by atoms with Gasteiger partial charge in [-0.1, -0.05) is 34.1 Å². The molecule has 0 radical (unpaired) electrons. The van der Waals surface area contributed by atoms with Gasteiger partial charge in [0.05, 0.1) is 12.5 Å². The summed E-state index contributed by atoms with van der Waals surface area (Å²) >= 11 is 3.35. The summed E-state index contributed by atoms with van der Waals surface area (Å²) in [6.45, 7) is 4.48. The summed E-state index contributed by atoms with van der Waals surface area (Å²) in [4.78, 5) is 12.7. The number of hydrogen-bond donors (Lipinski definition) is 1. The van der Waals surface area contributed by atoms with Crippen molar-refractivity contribution in [3.63, 3.8) is 0 Å². The molecule has 2 rings (SSSR count). The molecular weight excluding hydrogens is 407 g/mol. The van der Waals surface area contributed by atoms with Crippen LogP contribution in [0.25, 0.3) is 0 Å². The number of nitriles is 1. The number of alkyl halides is 1. The van der Waals surface area contributed by atoms with Crippen molar-refractivity contribution in [2.24, 2.45) is 5.73 Å². The maximum atomic E-state index is 16.5. The van der Waals surface area contributed by atoms with Gasteiger partial charge in [0.15, 0.2) is 0 Å². The SMILES string of the molecule is CCOC(=O)[C@@]1(F)[C@H](c2ccccc2Br)C(C#N)=C(N)O[C@@]1(C)OCC. The van der Waals surface area contributed by atoms with Gasteiger partial charge in [-0.25, -0.2) is 9.18 Å². The van der Waals surface area contributed by atoms with Crippen molar-refractivity contribution in [1.82, 2.24) is 0 Å². The molecule has 3 atom stereocenters. The molecule has 0 saturated carbocycles. The number of benzene rings is 1. The average Bonchev–Trinajstić information content (AvgIpc) is 2.59. The number of allylic oxidation sites excluding steroid dienone is 1. The van der Waals surface area contributed by atoms with Gasteiger partial charge in [0, 0.05) is 18.0 Å². The highest BCUT2D eigenvalue weighted by Gasteiger charge is 2.68. The molecule has 26 heavy (non-hydrogen) atoms. The Morgan fingerprint density at radius 2 is 2.08 bits per heavy atom. The van der Waals surface area contributed by atoms with Crippen LogP contribution in [0, 0.1) is 11.3 Å². The van der Waals surface area contributed by atoms with Crippen LogP contribution in [0.2, 0.25) is 0 Å². The molecule has 140 valence electrons. The Balaban J connectivity index is 2.83. The number of nitrogens with two attached hydrogens (primary N) is 1. The van der Waals surface area contributed by atoms with Gasteiger partial charge in [0.2, 0.25) is 5.88 Å². The minimum atomic E-state index is -2.84. The topological polar surface area (TPSA) is 94.6 Å². The first kappa shape index (κ1) is 20.2. The molecule has 0 saturated heterocycles. The van der Waals surface area contributed by atoms with Crippen LogP contribution in [-0.4, -0.2) is 30.6 Å². The van der Waals surface area contributed by atoms with Crippen LogP contribution in [-0.2, 0) is 19.0 Å². The largest absolute Gasteiger partial charge is 0.463 e. The van der Waals surface area contributed by atoms with Crippen LogP contribution >= 0.6 is 15.9 Å². The van der Waals surface area contributed by atoms with E-state index in [1.165, 1.54) is 6.92 Å². The molecule has 0 amide bonds. The summed E-state index contributed by atoms with van der Waals surface area (Å²) in [6, 6.07) is 8.55. The minimum Gasteiger partial charge on any atom is -0.463 e. The van der Waals surface area contributed by atoms with Gasteiger partial charge < -0.3 is 19.9 Å². The summed E-state index contributed by atoms with van der Waals surface area (Å²) in [5, 5.41) is 9.59. The van der Waals surface area contributed by atoms with Crippen LogP contribution < -0.4 is 5.73 Å². The molecule has 0 bridgehead atoms. The molecule has 0 unspecified atom stereocenters. The number of carbonyl (C=O) groups excluding carboxylic acids is 1. The van der Waals surface area contributed by atoms with E-state index in [0.717, 1.165) is 0 Å². The summed E-state index contributed by atoms with van der Waals surface area (Å²) in [5.41, 5.74) is 3.21. The van der Waals surface area contributed by atoms with Crippen LogP contribution in [0.15, 0.2) is 40.2 Å². The maximum Gasteiger partial charge on any atom is 0.351 e. The van der Waals surface area contributed by atoms with Crippen LogP contribution in [0.5, 0.6) is 0 Å². The first-order valence-electron chi connectivity index (χ1n) is 8.10. The van der Waals surface area contributed by atoms with E-state index in [2.05, 4.69) is 15.9 Å². The lowest BCUT2D eigenvalue weighted by Gasteiger charge is -2.47. The second-order valence-corrected chi connectivity index (χ2v) is 6.61. The fraction of sp³-hybridized carbons (Fsp3) is 0.444. The van der Waals surface area contributed by atoms with E-state index in [-0.39, 0.29) is 24.7 Å². The normalized spacial score (nSPS) is 28.2. The third-order valence-corrected chi connectivity index (χ3v) is 4.97. The molecule has 0 spiro atoms. The Morgan fingerprint density at radius 1 is 1.42 bits per heavy atom. The Kier molecular flexibility index (Phi) is 5.94. The highest BCUT2D eigenvalue weighted by molar-refractivity contribution is 9.10. The van der Waals surface area contributed by atoms with Gasteiger partial charge in [0.25, 0.3) is 11.5 Å². The molecule has 1 aromatic carbocycles. The summed E-state index contributed by atoms with van der Waals surface area (Å²) in [6.07, 6.45) is 0. The Hall–Kier alpha value is -2.11. The lowest BCUT2D eigenvalue weighted by molar-refractivity contribution is -0.285. The second kappa shape index (κ2) is 7.64. The molecule has 2 N–H and O–H groups in total. The number of rotatable bonds is 5. The second-order valence-electron chi connectivity index (χ2n) is 5.76. The predicted octanol–water partition coefficient (Wildman–Crippen LogP) is 3.28. The molecule has 0 aromatic heterocycles. The lowest BCUT2D eigenvalue weighted by atomic mass is 9.72. The first-order chi connectivity index (χ1) is 12.3. The van der Waals surface area contributed by atoms with Gasteiger partial charge >= 0.3 is 5.97 Å². The summed E-state index contributed by atoms with van der Waals surface area (Å²) in [7, 11) is 0. The van der Waals surface area contributed by atoms with Crippen molar-refractivity contribution in [1.29, 1.82) is 5.26 Å². The van der Waals surface area contributed by atoms with E-state index in [4.69, 9.17) is 19.9 Å². The Bertz CT molecular complexity index is 779. The van der Waals surface area contributed by atoms with E-state index in [1.54, 1.807) is 38.1 Å². The fourth-order valence-corrected chi connectivity index (χ4v) is 3.60. The van der Waals surface area contributed by atoms with E-state index in [1.807, 2.05) is 6.07 Å². The van der Waals surface area contributed by atoms with Crippen molar-refractivity contribution < 1.29 is 23.4 Å². The summed E-state index contributed by atoms with van der Waals surface area (Å²) in [5.74, 6) is -4.91.